The van der Waals surface area contributed by atoms with E-state index in [-0.39, 0.29) is 17.9 Å². The third kappa shape index (κ3) is 2.55. The molecule has 0 bridgehead atoms. The van der Waals surface area contributed by atoms with Crippen molar-refractivity contribution < 1.29 is 9.90 Å². The number of nitrogen functional groups attached to an aromatic ring is 1. The SMILES string of the molecule is CC1CN(C(=O)c2cccc(N)n2)CCC1O. The van der Waals surface area contributed by atoms with Crippen LogP contribution < -0.4 is 5.73 Å². The fourth-order valence-corrected chi connectivity index (χ4v) is 2.05. The summed E-state index contributed by atoms with van der Waals surface area (Å²) in [4.78, 5) is 17.9. The zero-order valence-electron chi connectivity index (χ0n) is 9.84. The van der Waals surface area contributed by atoms with Crippen LogP contribution in [0.4, 0.5) is 5.82 Å². The zero-order chi connectivity index (χ0) is 12.4. The van der Waals surface area contributed by atoms with Crippen LogP contribution in [0.25, 0.3) is 0 Å². The monoisotopic (exact) mass is 235 g/mol. The van der Waals surface area contributed by atoms with Crippen LogP contribution in [0, 0.1) is 5.92 Å². The first-order valence-corrected chi connectivity index (χ1v) is 5.78. The summed E-state index contributed by atoms with van der Waals surface area (Å²) in [5.41, 5.74) is 5.92. The molecule has 0 aromatic carbocycles. The second-order valence-corrected chi connectivity index (χ2v) is 4.53. The topological polar surface area (TPSA) is 79.5 Å². The normalized spacial score (nSPS) is 24.7. The molecule has 2 heterocycles. The second-order valence-electron chi connectivity index (χ2n) is 4.53. The number of carbonyl (C=O) groups excluding carboxylic acids is 1. The molecule has 2 atom stereocenters. The lowest BCUT2D eigenvalue weighted by Gasteiger charge is -2.34. The van der Waals surface area contributed by atoms with Crippen molar-refractivity contribution in [1.82, 2.24) is 9.88 Å². The van der Waals surface area contributed by atoms with Crippen molar-refractivity contribution in [2.75, 3.05) is 18.8 Å². The van der Waals surface area contributed by atoms with Crippen molar-refractivity contribution >= 4 is 11.7 Å². The number of piperidine rings is 1. The van der Waals surface area contributed by atoms with E-state index in [4.69, 9.17) is 5.73 Å². The Hall–Kier alpha value is -1.62. The molecule has 1 aliphatic rings. The molecule has 1 fully saturated rings. The van der Waals surface area contributed by atoms with Crippen molar-refractivity contribution in [1.29, 1.82) is 0 Å². The summed E-state index contributed by atoms with van der Waals surface area (Å²) in [5, 5.41) is 9.62. The molecule has 0 saturated carbocycles. The van der Waals surface area contributed by atoms with Gasteiger partial charge in [-0.2, -0.15) is 0 Å². The summed E-state index contributed by atoms with van der Waals surface area (Å²) in [6, 6.07) is 5.03. The summed E-state index contributed by atoms with van der Waals surface area (Å²) in [6.45, 7) is 3.08. The van der Waals surface area contributed by atoms with Gasteiger partial charge in [-0.25, -0.2) is 4.98 Å². The van der Waals surface area contributed by atoms with Crippen LogP contribution in [-0.2, 0) is 0 Å². The van der Waals surface area contributed by atoms with E-state index >= 15 is 0 Å². The molecule has 2 unspecified atom stereocenters. The number of amides is 1. The lowest BCUT2D eigenvalue weighted by molar-refractivity contribution is 0.0294. The molecule has 3 N–H and O–H groups in total. The molecule has 0 radical (unpaired) electrons. The molecule has 0 spiro atoms. The van der Waals surface area contributed by atoms with Crippen LogP contribution in [0.2, 0.25) is 0 Å². The van der Waals surface area contributed by atoms with Crippen molar-refractivity contribution in [3.63, 3.8) is 0 Å². The average molecular weight is 235 g/mol. The molecule has 17 heavy (non-hydrogen) atoms. The standard InChI is InChI=1S/C12H17N3O2/c1-8-7-15(6-5-10(8)16)12(17)9-3-2-4-11(13)14-9/h2-4,8,10,16H,5-7H2,1H3,(H2,13,14). The van der Waals surface area contributed by atoms with Gasteiger partial charge in [0.05, 0.1) is 6.10 Å². The number of likely N-dealkylation sites (tertiary alicyclic amines) is 1. The molecule has 1 amide bonds. The van der Waals surface area contributed by atoms with Crippen molar-refractivity contribution in [3.05, 3.63) is 23.9 Å². The van der Waals surface area contributed by atoms with E-state index in [1.807, 2.05) is 6.92 Å². The van der Waals surface area contributed by atoms with E-state index in [9.17, 15) is 9.90 Å². The van der Waals surface area contributed by atoms with Crippen molar-refractivity contribution in [3.8, 4) is 0 Å². The maximum Gasteiger partial charge on any atom is 0.272 e. The van der Waals surface area contributed by atoms with Crippen molar-refractivity contribution in [2.24, 2.45) is 5.92 Å². The summed E-state index contributed by atoms with van der Waals surface area (Å²) in [7, 11) is 0. The van der Waals surface area contributed by atoms with Gasteiger partial charge >= 0.3 is 0 Å². The Morgan fingerprint density at radius 2 is 2.35 bits per heavy atom. The van der Waals surface area contributed by atoms with Crippen LogP contribution >= 0.6 is 0 Å². The Bertz CT molecular complexity index is 422. The smallest absolute Gasteiger partial charge is 0.272 e. The number of aliphatic hydroxyl groups is 1. The highest BCUT2D eigenvalue weighted by Crippen LogP contribution is 2.18. The van der Waals surface area contributed by atoms with E-state index in [0.717, 1.165) is 0 Å². The molecular weight excluding hydrogens is 218 g/mol. The van der Waals surface area contributed by atoms with E-state index in [1.165, 1.54) is 0 Å². The van der Waals surface area contributed by atoms with Gasteiger partial charge in [-0.05, 0) is 24.5 Å². The van der Waals surface area contributed by atoms with Gasteiger partial charge in [0, 0.05) is 13.1 Å². The number of aromatic nitrogens is 1. The number of pyridine rings is 1. The number of nitrogens with zero attached hydrogens (tertiary/aromatic N) is 2. The van der Waals surface area contributed by atoms with Gasteiger partial charge in [-0.1, -0.05) is 13.0 Å². The molecule has 5 heteroatoms. The summed E-state index contributed by atoms with van der Waals surface area (Å²) in [6.07, 6.45) is 0.308. The molecule has 5 nitrogen and oxygen atoms in total. The molecule has 92 valence electrons. The first kappa shape index (κ1) is 11.9. The van der Waals surface area contributed by atoms with Crippen LogP contribution in [0.5, 0.6) is 0 Å². The van der Waals surface area contributed by atoms with E-state index in [1.54, 1.807) is 23.1 Å². The van der Waals surface area contributed by atoms with Crippen LogP contribution in [0.1, 0.15) is 23.8 Å². The van der Waals surface area contributed by atoms with Gasteiger partial charge in [0.15, 0.2) is 0 Å². The Morgan fingerprint density at radius 3 is 3.00 bits per heavy atom. The third-order valence-corrected chi connectivity index (χ3v) is 3.14. The third-order valence-electron chi connectivity index (χ3n) is 3.14. The maximum absolute atomic E-state index is 12.1. The first-order valence-electron chi connectivity index (χ1n) is 5.78. The van der Waals surface area contributed by atoms with Gasteiger partial charge in [-0.3, -0.25) is 4.79 Å². The summed E-state index contributed by atoms with van der Waals surface area (Å²) < 4.78 is 0. The fourth-order valence-electron chi connectivity index (χ4n) is 2.05. The highest BCUT2D eigenvalue weighted by Gasteiger charge is 2.28. The molecule has 1 aromatic rings. The Morgan fingerprint density at radius 1 is 1.59 bits per heavy atom. The van der Waals surface area contributed by atoms with Crippen LogP contribution in [-0.4, -0.2) is 40.1 Å². The van der Waals surface area contributed by atoms with Crippen molar-refractivity contribution in [2.45, 2.75) is 19.4 Å². The molecule has 2 rings (SSSR count). The van der Waals surface area contributed by atoms with E-state index in [2.05, 4.69) is 4.98 Å². The number of aliphatic hydroxyl groups excluding tert-OH is 1. The average Bonchev–Trinajstić information content (AvgIpc) is 2.32. The number of carbonyl (C=O) groups is 1. The minimum absolute atomic E-state index is 0.105. The Labute approximate surface area is 100 Å². The largest absolute Gasteiger partial charge is 0.393 e. The van der Waals surface area contributed by atoms with Gasteiger partial charge in [0.1, 0.15) is 11.5 Å². The van der Waals surface area contributed by atoms with E-state index in [0.29, 0.717) is 31.0 Å². The lowest BCUT2D eigenvalue weighted by Crippen LogP contribution is -2.45. The van der Waals surface area contributed by atoms with Gasteiger partial charge in [-0.15, -0.1) is 0 Å². The maximum atomic E-state index is 12.1. The Balaban J connectivity index is 2.10. The number of anilines is 1. The molecule has 1 saturated heterocycles. The summed E-state index contributed by atoms with van der Waals surface area (Å²) in [5.74, 6) is 0.339. The minimum Gasteiger partial charge on any atom is -0.393 e. The van der Waals surface area contributed by atoms with Crippen LogP contribution in [0.15, 0.2) is 18.2 Å². The van der Waals surface area contributed by atoms with Gasteiger partial charge in [0.2, 0.25) is 0 Å². The predicted octanol–water partition coefficient (Wildman–Crippen LogP) is 0.507. The first-order chi connectivity index (χ1) is 8.08. The minimum atomic E-state index is -0.312. The lowest BCUT2D eigenvalue weighted by atomic mass is 9.96. The summed E-state index contributed by atoms with van der Waals surface area (Å²) >= 11 is 0. The number of nitrogens with two attached hydrogens (primary N) is 1. The molecule has 1 aliphatic heterocycles. The Kier molecular flexibility index (Phi) is 3.28. The number of hydrogen-bond donors (Lipinski definition) is 2. The predicted molar refractivity (Wildman–Crippen MR) is 64.3 cm³/mol. The molecule has 1 aromatic heterocycles. The highest BCUT2D eigenvalue weighted by atomic mass is 16.3. The quantitative estimate of drug-likeness (QED) is 0.743. The second kappa shape index (κ2) is 4.71. The van der Waals surface area contributed by atoms with Gasteiger partial charge < -0.3 is 15.7 Å². The van der Waals surface area contributed by atoms with Gasteiger partial charge in [0.25, 0.3) is 5.91 Å². The molecule has 0 aliphatic carbocycles. The van der Waals surface area contributed by atoms with E-state index < -0.39 is 0 Å². The number of hydrogen-bond acceptors (Lipinski definition) is 4. The fraction of sp³-hybridized carbons (Fsp3) is 0.500. The zero-order valence-corrected chi connectivity index (χ0v) is 9.84. The highest BCUT2D eigenvalue weighted by molar-refractivity contribution is 5.92. The molecular formula is C12H17N3O2. The number of rotatable bonds is 1. The van der Waals surface area contributed by atoms with Crippen LogP contribution in [0.3, 0.4) is 0 Å².